The Morgan fingerprint density at radius 1 is 1.50 bits per heavy atom. The second-order valence-corrected chi connectivity index (χ2v) is 3.23. The second kappa shape index (κ2) is 4.45. The van der Waals surface area contributed by atoms with E-state index in [0.717, 1.165) is 15.7 Å². The van der Waals surface area contributed by atoms with Gasteiger partial charge in [-0.2, -0.15) is 0 Å². The van der Waals surface area contributed by atoms with Crippen LogP contribution in [-0.4, -0.2) is 5.91 Å². The molecule has 0 heterocycles. The summed E-state index contributed by atoms with van der Waals surface area (Å²) in [6.07, 6.45) is 0. The Bertz CT molecular complexity index is 286. The normalized spacial score (nSPS) is 9.50. The van der Waals surface area contributed by atoms with Gasteiger partial charge in [0.2, 0.25) is 5.91 Å². The number of benzene rings is 1. The van der Waals surface area contributed by atoms with Gasteiger partial charge in [0.05, 0.1) is 0 Å². The van der Waals surface area contributed by atoms with E-state index in [1.54, 1.807) is 0 Å². The Morgan fingerprint density at radius 2 is 2.17 bits per heavy atom. The van der Waals surface area contributed by atoms with E-state index in [1.807, 2.05) is 24.3 Å². The number of anilines is 1. The largest absolute Gasteiger partial charge is 0.326 e. The van der Waals surface area contributed by atoms with Crippen LogP contribution in [0.1, 0.15) is 12.5 Å². The molecule has 0 unspecified atom stereocenters. The van der Waals surface area contributed by atoms with Gasteiger partial charge in [0, 0.05) is 17.0 Å². The lowest BCUT2D eigenvalue weighted by molar-refractivity contribution is -0.114. The molecular weight excluding hydrogens is 265 g/mol. The van der Waals surface area contributed by atoms with Crippen molar-refractivity contribution in [1.82, 2.24) is 0 Å². The molecule has 0 bridgehead atoms. The van der Waals surface area contributed by atoms with Gasteiger partial charge in [0.1, 0.15) is 0 Å². The maximum Gasteiger partial charge on any atom is 0.221 e. The molecular formula is C9H10INO. The molecule has 1 aromatic carbocycles. The summed E-state index contributed by atoms with van der Waals surface area (Å²) in [5, 5.41) is 2.78. The molecule has 0 aromatic heterocycles. The van der Waals surface area contributed by atoms with Gasteiger partial charge in [0.15, 0.2) is 0 Å². The van der Waals surface area contributed by atoms with Crippen LogP contribution in [0, 0.1) is 0 Å². The molecule has 0 atom stereocenters. The fourth-order valence-electron chi connectivity index (χ4n) is 0.948. The molecule has 1 aromatic rings. The van der Waals surface area contributed by atoms with Crippen LogP contribution in [0.25, 0.3) is 0 Å². The number of hydrogen-bond acceptors (Lipinski definition) is 1. The maximum absolute atomic E-state index is 10.8. The minimum absolute atomic E-state index is 0.0210. The number of hydrogen-bond donors (Lipinski definition) is 1. The van der Waals surface area contributed by atoms with Gasteiger partial charge in [-0.1, -0.05) is 40.8 Å². The van der Waals surface area contributed by atoms with Crippen molar-refractivity contribution in [2.75, 3.05) is 5.32 Å². The molecule has 0 saturated carbocycles. The zero-order chi connectivity index (χ0) is 8.97. The van der Waals surface area contributed by atoms with Gasteiger partial charge >= 0.3 is 0 Å². The molecule has 3 heteroatoms. The van der Waals surface area contributed by atoms with E-state index < -0.39 is 0 Å². The smallest absolute Gasteiger partial charge is 0.221 e. The van der Waals surface area contributed by atoms with Crippen molar-refractivity contribution in [2.45, 2.75) is 11.4 Å². The van der Waals surface area contributed by atoms with E-state index in [1.165, 1.54) is 6.92 Å². The van der Waals surface area contributed by atoms with Gasteiger partial charge in [0.25, 0.3) is 0 Å². The van der Waals surface area contributed by atoms with Crippen molar-refractivity contribution in [1.29, 1.82) is 0 Å². The fourth-order valence-corrected chi connectivity index (χ4v) is 1.61. The number of halogens is 1. The molecule has 0 aliphatic carbocycles. The van der Waals surface area contributed by atoms with Crippen LogP contribution in [0.4, 0.5) is 5.69 Å². The lowest BCUT2D eigenvalue weighted by Crippen LogP contribution is -2.07. The summed E-state index contributed by atoms with van der Waals surface area (Å²) in [7, 11) is 0. The van der Waals surface area contributed by atoms with Crippen LogP contribution < -0.4 is 5.32 Å². The topological polar surface area (TPSA) is 29.1 Å². The lowest BCUT2D eigenvalue weighted by Gasteiger charge is -2.05. The van der Waals surface area contributed by atoms with E-state index in [0.29, 0.717) is 0 Å². The van der Waals surface area contributed by atoms with E-state index in [2.05, 4.69) is 27.9 Å². The van der Waals surface area contributed by atoms with E-state index in [-0.39, 0.29) is 5.91 Å². The standard InChI is InChI=1S/C9H10INO/c1-7(12)11-9-5-3-2-4-8(9)6-10/h2-5H,6H2,1H3,(H,11,12). The van der Waals surface area contributed by atoms with Crippen molar-refractivity contribution in [3.63, 3.8) is 0 Å². The molecule has 0 radical (unpaired) electrons. The van der Waals surface area contributed by atoms with Crippen molar-refractivity contribution < 1.29 is 4.79 Å². The summed E-state index contributed by atoms with van der Waals surface area (Å²) in [6, 6.07) is 7.81. The first kappa shape index (κ1) is 9.51. The van der Waals surface area contributed by atoms with Gasteiger partial charge in [-0.25, -0.2) is 0 Å². The van der Waals surface area contributed by atoms with Crippen molar-refractivity contribution in [2.24, 2.45) is 0 Å². The number of rotatable bonds is 2. The first-order chi connectivity index (χ1) is 5.74. The van der Waals surface area contributed by atoms with Crippen LogP contribution in [0.2, 0.25) is 0 Å². The number of para-hydroxylation sites is 1. The van der Waals surface area contributed by atoms with Gasteiger partial charge in [-0.3, -0.25) is 4.79 Å². The molecule has 0 aliphatic rings. The molecule has 1 N–H and O–H groups in total. The highest BCUT2D eigenvalue weighted by Gasteiger charge is 1.99. The highest BCUT2D eigenvalue weighted by atomic mass is 127. The van der Waals surface area contributed by atoms with Gasteiger partial charge < -0.3 is 5.32 Å². The number of nitrogens with one attached hydrogen (secondary N) is 1. The average Bonchev–Trinajstić information content (AvgIpc) is 2.04. The van der Waals surface area contributed by atoms with Crippen LogP contribution in [-0.2, 0) is 9.22 Å². The highest BCUT2D eigenvalue weighted by molar-refractivity contribution is 14.1. The summed E-state index contributed by atoms with van der Waals surface area (Å²) in [5.74, 6) is -0.0210. The van der Waals surface area contributed by atoms with E-state index in [4.69, 9.17) is 0 Å². The van der Waals surface area contributed by atoms with Crippen LogP contribution in [0.5, 0.6) is 0 Å². The molecule has 1 rings (SSSR count). The number of alkyl halides is 1. The van der Waals surface area contributed by atoms with Crippen LogP contribution in [0.15, 0.2) is 24.3 Å². The lowest BCUT2D eigenvalue weighted by atomic mass is 10.2. The molecule has 12 heavy (non-hydrogen) atoms. The molecule has 1 amide bonds. The Hall–Kier alpha value is -0.580. The summed E-state index contributed by atoms with van der Waals surface area (Å²) in [4.78, 5) is 10.8. The Morgan fingerprint density at radius 3 is 2.75 bits per heavy atom. The summed E-state index contributed by atoms with van der Waals surface area (Å²) >= 11 is 2.27. The molecule has 0 aliphatic heterocycles. The summed E-state index contributed by atoms with van der Waals surface area (Å²) in [6.45, 7) is 1.52. The monoisotopic (exact) mass is 275 g/mol. The van der Waals surface area contributed by atoms with Gasteiger partial charge in [-0.15, -0.1) is 0 Å². The zero-order valence-electron chi connectivity index (χ0n) is 6.80. The number of amides is 1. The predicted molar refractivity (Wildman–Crippen MR) is 58.5 cm³/mol. The highest BCUT2D eigenvalue weighted by Crippen LogP contribution is 2.17. The maximum atomic E-state index is 10.8. The van der Waals surface area contributed by atoms with Gasteiger partial charge in [-0.05, 0) is 11.6 Å². The van der Waals surface area contributed by atoms with Crippen LogP contribution >= 0.6 is 22.6 Å². The van der Waals surface area contributed by atoms with Crippen LogP contribution in [0.3, 0.4) is 0 Å². The summed E-state index contributed by atoms with van der Waals surface area (Å²) < 4.78 is 0.911. The molecule has 0 fully saturated rings. The summed E-state index contributed by atoms with van der Waals surface area (Å²) in [5.41, 5.74) is 2.08. The average molecular weight is 275 g/mol. The molecule has 2 nitrogen and oxygen atoms in total. The third kappa shape index (κ3) is 2.48. The number of carbonyl (C=O) groups is 1. The quantitative estimate of drug-likeness (QED) is 0.652. The minimum Gasteiger partial charge on any atom is -0.326 e. The SMILES string of the molecule is CC(=O)Nc1ccccc1CI. The first-order valence-corrected chi connectivity index (χ1v) is 5.18. The third-order valence-corrected chi connectivity index (χ3v) is 2.29. The Kier molecular flexibility index (Phi) is 3.52. The molecule has 0 spiro atoms. The van der Waals surface area contributed by atoms with E-state index in [9.17, 15) is 4.79 Å². The zero-order valence-corrected chi connectivity index (χ0v) is 8.96. The number of carbonyl (C=O) groups excluding carboxylic acids is 1. The van der Waals surface area contributed by atoms with Crippen molar-refractivity contribution >= 4 is 34.2 Å². The Labute approximate surface area is 85.5 Å². The Balaban J connectivity index is 2.89. The van der Waals surface area contributed by atoms with Crippen molar-refractivity contribution in [3.05, 3.63) is 29.8 Å². The fraction of sp³-hybridized carbons (Fsp3) is 0.222. The van der Waals surface area contributed by atoms with E-state index >= 15 is 0 Å². The molecule has 64 valence electrons. The molecule has 0 saturated heterocycles. The predicted octanol–water partition coefficient (Wildman–Crippen LogP) is 2.58. The second-order valence-electron chi connectivity index (χ2n) is 2.47. The minimum atomic E-state index is -0.0210. The first-order valence-electron chi connectivity index (χ1n) is 3.65. The van der Waals surface area contributed by atoms with Crippen molar-refractivity contribution in [3.8, 4) is 0 Å². The third-order valence-electron chi connectivity index (χ3n) is 1.47.